The van der Waals surface area contributed by atoms with Crippen molar-refractivity contribution in [3.05, 3.63) is 29.6 Å². The number of benzene rings is 1. The van der Waals surface area contributed by atoms with Crippen molar-refractivity contribution >= 4 is 0 Å². The molecule has 2 rings (SSSR count). The largest absolute Gasteiger partial charge is 0.490 e. The van der Waals surface area contributed by atoms with Crippen LogP contribution in [-0.2, 0) is 11.3 Å². The lowest BCUT2D eigenvalue weighted by Crippen LogP contribution is -2.12. The zero-order valence-electron chi connectivity index (χ0n) is 10.0. The van der Waals surface area contributed by atoms with E-state index in [1.165, 1.54) is 6.07 Å². The summed E-state index contributed by atoms with van der Waals surface area (Å²) in [4.78, 5) is 0. The van der Waals surface area contributed by atoms with E-state index in [-0.39, 0.29) is 5.82 Å². The normalized spacial score (nSPS) is 19.5. The molecule has 1 aromatic rings. The van der Waals surface area contributed by atoms with Gasteiger partial charge in [0.2, 0.25) is 0 Å². The van der Waals surface area contributed by atoms with E-state index in [9.17, 15) is 4.39 Å². The molecule has 0 aliphatic carbocycles. The molecule has 17 heavy (non-hydrogen) atoms. The Morgan fingerprint density at radius 1 is 1.53 bits per heavy atom. The van der Waals surface area contributed by atoms with Crippen LogP contribution in [0.5, 0.6) is 5.75 Å². The molecule has 1 atom stereocenters. The van der Waals surface area contributed by atoms with Crippen LogP contribution in [0.4, 0.5) is 4.39 Å². The zero-order valence-corrected chi connectivity index (χ0v) is 10.0. The monoisotopic (exact) mass is 239 g/mol. The summed E-state index contributed by atoms with van der Waals surface area (Å²) >= 11 is 0. The van der Waals surface area contributed by atoms with Gasteiger partial charge in [-0.05, 0) is 31.2 Å². The molecule has 1 saturated heterocycles. The molecule has 1 aromatic carbocycles. The zero-order chi connectivity index (χ0) is 12.1. The van der Waals surface area contributed by atoms with Crippen LogP contribution in [0.2, 0.25) is 0 Å². The van der Waals surface area contributed by atoms with Crippen LogP contribution in [0.1, 0.15) is 12.0 Å². The third-order valence-electron chi connectivity index (χ3n) is 2.88. The summed E-state index contributed by atoms with van der Waals surface area (Å²) in [7, 11) is 1.84. The average Bonchev–Trinajstić information content (AvgIpc) is 2.81. The molecule has 4 heteroatoms. The van der Waals surface area contributed by atoms with Crippen molar-refractivity contribution in [1.29, 1.82) is 0 Å². The van der Waals surface area contributed by atoms with Crippen LogP contribution in [0.25, 0.3) is 0 Å². The van der Waals surface area contributed by atoms with Crippen LogP contribution in [-0.4, -0.2) is 26.9 Å². The average molecular weight is 239 g/mol. The van der Waals surface area contributed by atoms with Crippen LogP contribution in [0, 0.1) is 11.7 Å². The lowest BCUT2D eigenvalue weighted by atomic mass is 10.1. The van der Waals surface area contributed by atoms with Gasteiger partial charge in [-0.15, -0.1) is 0 Å². The summed E-state index contributed by atoms with van der Waals surface area (Å²) < 4.78 is 24.4. The van der Waals surface area contributed by atoms with Gasteiger partial charge in [0.15, 0.2) is 11.6 Å². The molecule has 0 aromatic heterocycles. The van der Waals surface area contributed by atoms with Gasteiger partial charge in [-0.1, -0.05) is 6.07 Å². The lowest BCUT2D eigenvalue weighted by Gasteiger charge is -2.11. The molecule has 1 unspecified atom stereocenters. The van der Waals surface area contributed by atoms with Crippen molar-refractivity contribution < 1.29 is 13.9 Å². The Labute approximate surface area is 101 Å². The summed E-state index contributed by atoms with van der Waals surface area (Å²) in [6.45, 7) is 2.70. The first-order valence-corrected chi connectivity index (χ1v) is 5.93. The molecule has 0 radical (unpaired) electrons. The van der Waals surface area contributed by atoms with Gasteiger partial charge in [-0.2, -0.15) is 0 Å². The highest BCUT2D eigenvalue weighted by Gasteiger charge is 2.17. The molecule has 3 nitrogen and oxygen atoms in total. The molecule has 0 saturated carbocycles. The molecule has 1 fully saturated rings. The maximum absolute atomic E-state index is 13.7. The second-order valence-electron chi connectivity index (χ2n) is 4.34. The number of rotatable bonds is 5. The number of hydrogen-bond donors (Lipinski definition) is 1. The molecule has 0 bridgehead atoms. The van der Waals surface area contributed by atoms with Gasteiger partial charge in [0.1, 0.15) is 0 Å². The van der Waals surface area contributed by atoms with Gasteiger partial charge in [-0.3, -0.25) is 0 Å². The van der Waals surface area contributed by atoms with Crippen LogP contribution in [0.3, 0.4) is 0 Å². The van der Waals surface area contributed by atoms with Gasteiger partial charge < -0.3 is 14.8 Å². The molecule has 1 aliphatic heterocycles. The topological polar surface area (TPSA) is 30.5 Å². The van der Waals surface area contributed by atoms with E-state index in [0.717, 1.165) is 25.2 Å². The van der Waals surface area contributed by atoms with Gasteiger partial charge in [0.05, 0.1) is 13.2 Å². The Morgan fingerprint density at radius 2 is 2.41 bits per heavy atom. The Bertz CT molecular complexity index is 364. The van der Waals surface area contributed by atoms with Crippen LogP contribution in [0.15, 0.2) is 18.2 Å². The SMILES string of the molecule is CNCc1ccc(OCC2CCOC2)c(F)c1. The Kier molecular flexibility index (Phi) is 4.34. The highest BCUT2D eigenvalue weighted by atomic mass is 19.1. The van der Waals surface area contributed by atoms with Crippen LogP contribution < -0.4 is 10.1 Å². The van der Waals surface area contributed by atoms with Gasteiger partial charge in [0, 0.05) is 19.1 Å². The molecule has 0 amide bonds. The van der Waals surface area contributed by atoms with E-state index < -0.39 is 0 Å². The highest BCUT2D eigenvalue weighted by molar-refractivity contribution is 5.29. The smallest absolute Gasteiger partial charge is 0.165 e. The fraction of sp³-hybridized carbons (Fsp3) is 0.538. The summed E-state index contributed by atoms with van der Waals surface area (Å²) in [5.74, 6) is 0.430. The fourth-order valence-corrected chi connectivity index (χ4v) is 1.90. The van der Waals surface area contributed by atoms with E-state index in [4.69, 9.17) is 9.47 Å². The second-order valence-corrected chi connectivity index (χ2v) is 4.34. The number of hydrogen-bond acceptors (Lipinski definition) is 3. The van der Waals surface area contributed by atoms with Crippen molar-refractivity contribution in [2.24, 2.45) is 5.92 Å². The molecular weight excluding hydrogens is 221 g/mol. The molecule has 1 N–H and O–H groups in total. The minimum Gasteiger partial charge on any atom is -0.490 e. The van der Waals surface area contributed by atoms with E-state index in [0.29, 0.717) is 24.8 Å². The van der Waals surface area contributed by atoms with Crippen molar-refractivity contribution in [2.45, 2.75) is 13.0 Å². The van der Waals surface area contributed by atoms with Crippen molar-refractivity contribution in [2.75, 3.05) is 26.9 Å². The predicted octanol–water partition coefficient (Wildman–Crippen LogP) is 1.96. The first-order chi connectivity index (χ1) is 8.29. The third kappa shape index (κ3) is 3.41. The Balaban J connectivity index is 1.91. The standard InChI is InChI=1S/C13H18FNO2/c1-15-7-10-2-3-13(12(14)6-10)17-9-11-4-5-16-8-11/h2-3,6,11,15H,4-5,7-9H2,1H3. The van der Waals surface area contributed by atoms with Crippen LogP contribution >= 0.6 is 0 Å². The molecular formula is C13H18FNO2. The number of nitrogens with one attached hydrogen (secondary N) is 1. The summed E-state index contributed by atoms with van der Waals surface area (Å²) in [6, 6.07) is 5.08. The minimum atomic E-state index is -0.295. The minimum absolute atomic E-state index is 0.295. The van der Waals surface area contributed by atoms with E-state index in [1.54, 1.807) is 6.07 Å². The molecule has 1 heterocycles. The van der Waals surface area contributed by atoms with Crippen molar-refractivity contribution in [3.8, 4) is 5.75 Å². The third-order valence-corrected chi connectivity index (χ3v) is 2.88. The Morgan fingerprint density at radius 3 is 3.06 bits per heavy atom. The number of ether oxygens (including phenoxy) is 2. The fourth-order valence-electron chi connectivity index (χ4n) is 1.90. The first-order valence-electron chi connectivity index (χ1n) is 5.93. The summed E-state index contributed by atoms with van der Waals surface area (Å²) in [6.07, 6.45) is 0.999. The quantitative estimate of drug-likeness (QED) is 0.852. The van der Waals surface area contributed by atoms with Gasteiger partial charge >= 0.3 is 0 Å². The maximum atomic E-state index is 13.7. The van der Waals surface area contributed by atoms with Crippen molar-refractivity contribution in [3.63, 3.8) is 0 Å². The number of halogens is 1. The van der Waals surface area contributed by atoms with Crippen molar-refractivity contribution in [1.82, 2.24) is 5.32 Å². The molecule has 94 valence electrons. The van der Waals surface area contributed by atoms with E-state index in [2.05, 4.69) is 5.32 Å². The van der Waals surface area contributed by atoms with Gasteiger partial charge in [0.25, 0.3) is 0 Å². The van der Waals surface area contributed by atoms with E-state index >= 15 is 0 Å². The second kappa shape index (κ2) is 5.98. The lowest BCUT2D eigenvalue weighted by molar-refractivity contribution is 0.165. The summed E-state index contributed by atoms with van der Waals surface area (Å²) in [5.41, 5.74) is 0.918. The Hall–Kier alpha value is -1.13. The molecule has 0 spiro atoms. The maximum Gasteiger partial charge on any atom is 0.165 e. The predicted molar refractivity (Wildman–Crippen MR) is 63.6 cm³/mol. The van der Waals surface area contributed by atoms with E-state index in [1.807, 2.05) is 13.1 Å². The first kappa shape index (κ1) is 12.3. The van der Waals surface area contributed by atoms with Gasteiger partial charge in [-0.25, -0.2) is 4.39 Å². The molecule has 1 aliphatic rings. The highest BCUT2D eigenvalue weighted by Crippen LogP contribution is 2.20. The summed E-state index contributed by atoms with van der Waals surface area (Å²) in [5, 5.41) is 2.98.